The minimum Gasteiger partial charge on any atom is -0.329 e. The van der Waals surface area contributed by atoms with Crippen LogP contribution in [0.15, 0.2) is 0 Å². The van der Waals surface area contributed by atoms with E-state index in [1.165, 1.54) is 25.7 Å². The van der Waals surface area contributed by atoms with Gasteiger partial charge in [0.1, 0.15) is 0 Å². The van der Waals surface area contributed by atoms with Gasteiger partial charge < -0.3 is 4.90 Å². The third-order valence-corrected chi connectivity index (χ3v) is 3.70. The van der Waals surface area contributed by atoms with Gasteiger partial charge in [0.2, 0.25) is 5.91 Å². The maximum absolute atomic E-state index is 11.4. The molecule has 0 bridgehead atoms. The third kappa shape index (κ3) is 1.78. The van der Waals surface area contributed by atoms with Crippen LogP contribution in [0.1, 0.15) is 32.6 Å². The van der Waals surface area contributed by atoms with Gasteiger partial charge in [0.05, 0.1) is 12.7 Å². The number of amides is 1. The molecule has 1 aliphatic carbocycles. The number of likely N-dealkylation sites (N-methyl/N-ethyl adjacent to an activating group) is 1. The molecule has 14 heavy (non-hydrogen) atoms. The highest BCUT2D eigenvalue weighted by atomic mass is 16.2. The molecular weight excluding hydrogens is 176 g/mol. The van der Waals surface area contributed by atoms with Crippen LogP contribution in [0.4, 0.5) is 0 Å². The summed E-state index contributed by atoms with van der Waals surface area (Å²) >= 11 is 0. The van der Waals surface area contributed by atoms with Crippen LogP contribution in [0.2, 0.25) is 0 Å². The molecule has 3 atom stereocenters. The number of rotatable bonds is 1. The molecule has 0 aromatic carbocycles. The Bertz CT molecular complexity index is 229. The van der Waals surface area contributed by atoms with Gasteiger partial charge in [0, 0.05) is 7.05 Å². The minimum absolute atomic E-state index is 0.244. The van der Waals surface area contributed by atoms with Crippen LogP contribution in [-0.2, 0) is 4.79 Å². The van der Waals surface area contributed by atoms with Crippen LogP contribution in [0.25, 0.3) is 0 Å². The van der Waals surface area contributed by atoms with Crippen LogP contribution < -0.4 is 5.32 Å². The topological polar surface area (TPSA) is 32.3 Å². The summed E-state index contributed by atoms with van der Waals surface area (Å²) in [4.78, 5) is 13.3. The first-order valence-corrected chi connectivity index (χ1v) is 5.67. The predicted molar refractivity (Wildman–Crippen MR) is 55.7 cm³/mol. The maximum Gasteiger partial charge on any atom is 0.237 e. The molecule has 0 aromatic heterocycles. The molecule has 0 aromatic rings. The Balaban J connectivity index is 1.97. The van der Waals surface area contributed by atoms with E-state index >= 15 is 0 Å². The van der Waals surface area contributed by atoms with Crippen molar-refractivity contribution in [2.75, 3.05) is 13.6 Å². The smallest absolute Gasteiger partial charge is 0.237 e. The fraction of sp³-hybridized carbons (Fsp3) is 0.909. The first kappa shape index (κ1) is 9.97. The number of hydrogen-bond acceptors (Lipinski definition) is 2. The molecule has 1 heterocycles. The van der Waals surface area contributed by atoms with E-state index in [2.05, 4.69) is 12.2 Å². The van der Waals surface area contributed by atoms with E-state index in [0.29, 0.717) is 18.6 Å². The average molecular weight is 196 g/mol. The van der Waals surface area contributed by atoms with E-state index in [0.717, 1.165) is 5.92 Å². The fourth-order valence-corrected chi connectivity index (χ4v) is 2.86. The second kappa shape index (κ2) is 3.89. The first-order chi connectivity index (χ1) is 6.68. The number of nitrogens with one attached hydrogen (secondary N) is 1. The first-order valence-electron chi connectivity index (χ1n) is 5.67. The highest BCUT2D eigenvalue weighted by Crippen LogP contribution is 2.32. The number of carbonyl (C=O) groups is 1. The van der Waals surface area contributed by atoms with Crippen molar-refractivity contribution in [2.45, 2.75) is 38.8 Å². The molecule has 2 aliphatic rings. The van der Waals surface area contributed by atoms with E-state index in [4.69, 9.17) is 0 Å². The van der Waals surface area contributed by atoms with Gasteiger partial charge in [0.15, 0.2) is 0 Å². The Morgan fingerprint density at radius 1 is 1.43 bits per heavy atom. The molecule has 2 fully saturated rings. The number of nitrogens with zero attached hydrogens (tertiary/aromatic N) is 1. The summed E-state index contributed by atoms with van der Waals surface area (Å²) in [6.45, 7) is 2.86. The Hall–Kier alpha value is -0.570. The van der Waals surface area contributed by atoms with Crippen LogP contribution in [0.5, 0.6) is 0 Å². The Labute approximate surface area is 85.8 Å². The van der Waals surface area contributed by atoms with Gasteiger partial charge in [-0.05, 0) is 24.7 Å². The molecule has 1 aliphatic heterocycles. The van der Waals surface area contributed by atoms with Gasteiger partial charge >= 0.3 is 0 Å². The molecule has 0 radical (unpaired) electrons. The van der Waals surface area contributed by atoms with Crippen molar-refractivity contribution in [3.05, 3.63) is 0 Å². The van der Waals surface area contributed by atoms with Gasteiger partial charge in [-0.1, -0.05) is 19.8 Å². The summed E-state index contributed by atoms with van der Waals surface area (Å²) in [7, 11) is 1.92. The second-order valence-corrected chi connectivity index (χ2v) is 4.86. The highest BCUT2D eigenvalue weighted by molar-refractivity contribution is 5.80. The monoisotopic (exact) mass is 196 g/mol. The lowest BCUT2D eigenvalue weighted by molar-refractivity contribution is -0.127. The van der Waals surface area contributed by atoms with Crippen molar-refractivity contribution in [1.82, 2.24) is 10.2 Å². The molecule has 2 rings (SSSR count). The van der Waals surface area contributed by atoms with Crippen LogP contribution in [0, 0.1) is 11.8 Å². The van der Waals surface area contributed by atoms with Crippen molar-refractivity contribution in [1.29, 1.82) is 0 Å². The van der Waals surface area contributed by atoms with Gasteiger partial charge in [-0.25, -0.2) is 0 Å². The summed E-state index contributed by atoms with van der Waals surface area (Å²) in [6, 6.07) is 0. The molecule has 3 heteroatoms. The van der Waals surface area contributed by atoms with Crippen molar-refractivity contribution in [2.24, 2.45) is 11.8 Å². The Morgan fingerprint density at radius 3 is 2.79 bits per heavy atom. The zero-order valence-corrected chi connectivity index (χ0v) is 9.12. The van der Waals surface area contributed by atoms with Gasteiger partial charge in [-0.2, -0.15) is 0 Å². The normalized spacial score (nSPS) is 39.1. The van der Waals surface area contributed by atoms with Gasteiger partial charge in [-0.3, -0.25) is 10.1 Å². The van der Waals surface area contributed by atoms with E-state index in [1.54, 1.807) is 0 Å². The minimum atomic E-state index is 0.244. The second-order valence-electron chi connectivity index (χ2n) is 4.86. The van der Waals surface area contributed by atoms with Crippen LogP contribution in [0.3, 0.4) is 0 Å². The summed E-state index contributed by atoms with van der Waals surface area (Å²) in [5, 5.41) is 3.32. The van der Waals surface area contributed by atoms with Crippen molar-refractivity contribution in [3.8, 4) is 0 Å². The van der Waals surface area contributed by atoms with Crippen molar-refractivity contribution < 1.29 is 4.79 Å². The predicted octanol–water partition coefficient (Wildman–Crippen LogP) is 1.20. The Morgan fingerprint density at radius 2 is 2.21 bits per heavy atom. The van der Waals surface area contributed by atoms with Crippen LogP contribution in [-0.4, -0.2) is 30.6 Å². The van der Waals surface area contributed by atoms with Crippen LogP contribution >= 0.6 is 0 Å². The van der Waals surface area contributed by atoms with Crippen molar-refractivity contribution >= 4 is 5.91 Å². The quantitative estimate of drug-likeness (QED) is 0.683. The molecule has 1 N–H and O–H groups in total. The molecule has 1 saturated carbocycles. The third-order valence-electron chi connectivity index (χ3n) is 3.70. The van der Waals surface area contributed by atoms with Crippen molar-refractivity contribution in [3.63, 3.8) is 0 Å². The maximum atomic E-state index is 11.4. The summed E-state index contributed by atoms with van der Waals surface area (Å²) in [6.07, 6.45) is 5.55. The van der Waals surface area contributed by atoms with Gasteiger partial charge in [-0.15, -0.1) is 0 Å². The van der Waals surface area contributed by atoms with E-state index in [9.17, 15) is 4.79 Å². The molecule has 0 spiro atoms. The Kier molecular flexibility index (Phi) is 2.77. The van der Waals surface area contributed by atoms with Gasteiger partial charge in [0.25, 0.3) is 0 Å². The lowest BCUT2D eigenvalue weighted by atomic mass is 9.81. The number of carbonyl (C=O) groups excluding carboxylic acids is 1. The summed E-state index contributed by atoms with van der Waals surface area (Å²) in [5.74, 6) is 1.75. The molecular formula is C11H20N2O. The van der Waals surface area contributed by atoms with E-state index in [1.807, 2.05) is 11.9 Å². The molecule has 1 amide bonds. The molecule has 80 valence electrons. The SMILES string of the molecule is CC1CCCC(C2NCC(=O)N2C)C1. The summed E-state index contributed by atoms with van der Waals surface area (Å²) < 4.78 is 0. The molecule has 1 saturated heterocycles. The standard InChI is InChI=1S/C11H20N2O/c1-8-4-3-5-9(6-8)11-12-7-10(14)13(11)2/h8-9,11-12H,3-7H2,1-2H3. The molecule has 3 nitrogen and oxygen atoms in total. The van der Waals surface area contributed by atoms with E-state index < -0.39 is 0 Å². The average Bonchev–Trinajstić information content (AvgIpc) is 2.48. The van der Waals surface area contributed by atoms with E-state index in [-0.39, 0.29) is 5.91 Å². The largest absolute Gasteiger partial charge is 0.329 e. The molecule has 3 unspecified atom stereocenters. The lowest BCUT2D eigenvalue weighted by Crippen LogP contribution is -2.42. The zero-order valence-electron chi connectivity index (χ0n) is 9.12. The summed E-state index contributed by atoms with van der Waals surface area (Å²) in [5.41, 5.74) is 0. The number of hydrogen-bond donors (Lipinski definition) is 1. The lowest BCUT2D eigenvalue weighted by Gasteiger charge is -2.34. The highest BCUT2D eigenvalue weighted by Gasteiger charge is 2.35. The zero-order chi connectivity index (χ0) is 10.1. The fourth-order valence-electron chi connectivity index (χ4n) is 2.86.